The molecule has 0 bridgehead atoms. The van der Waals surface area contributed by atoms with E-state index >= 15 is 0 Å². The number of rotatable bonds is 6. The second-order valence-electron chi connectivity index (χ2n) is 5.47. The second-order valence-corrected chi connectivity index (χ2v) is 6.41. The van der Waals surface area contributed by atoms with Crippen LogP contribution in [0.2, 0.25) is 0 Å². The number of tetrazole rings is 1. The van der Waals surface area contributed by atoms with Crippen molar-refractivity contribution in [3.63, 3.8) is 0 Å². The standard InChI is InChI=1S/C16H14N6O3S/c1-10-3-2-4-13(7-10)21-16(18-19-20-21)26-9-12-6-5-11(15(17)23)8-14(12)22(24)25/h2-8H,9H2,1H3,(H2,17,23). The van der Waals surface area contributed by atoms with E-state index in [0.29, 0.717) is 10.7 Å². The summed E-state index contributed by atoms with van der Waals surface area (Å²) in [5.74, 6) is -0.447. The molecule has 2 aromatic carbocycles. The highest BCUT2D eigenvalue weighted by Gasteiger charge is 2.18. The van der Waals surface area contributed by atoms with E-state index in [1.807, 2.05) is 31.2 Å². The van der Waals surface area contributed by atoms with Crippen LogP contribution in [0.3, 0.4) is 0 Å². The van der Waals surface area contributed by atoms with Crippen molar-refractivity contribution in [2.24, 2.45) is 5.73 Å². The highest BCUT2D eigenvalue weighted by Crippen LogP contribution is 2.28. The molecule has 0 spiro atoms. The number of nitrogens with two attached hydrogens (primary N) is 1. The van der Waals surface area contributed by atoms with Crippen LogP contribution in [0.15, 0.2) is 47.6 Å². The molecule has 0 atom stereocenters. The van der Waals surface area contributed by atoms with Crippen LogP contribution in [0, 0.1) is 17.0 Å². The average molecular weight is 370 g/mol. The Kier molecular flexibility index (Phi) is 4.94. The lowest BCUT2D eigenvalue weighted by molar-refractivity contribution is -0.385. The number of thioether (sulfide) groups is 1. The fourth-order valence-electron chi connectivity index (χ4n) is 2.34. The van der Waals surface area contributed by atoms with Gasteiger partial charge in [-0.3, -0.25) is 14.9 Å². The third-order valence-corrected chi connectivity index (χ3v) is 4.58. The maximum atomic E-state index is 11.3. The zero-order valence-corrected chi connectivity index (χ0v) is 14.5. The van der Waals surface area contributed by atoms with Gasteiger partial charge in [0.1, 0.15) is 0 Å². The van der Waals surface area contributed by atoms with Crippen molar-refractivity contribution < 1.29 is 9.72 Å². The number of nitro groups is 1. The summed E-state index contributed by atoms with van der Waals surface area (Å²) in [7, 11) is 0. The fraction of sp³-hybridized carbons (Fsp3) is 0.125. The SMILES string of the molecule is Cc1cccc(-n2nnnc2SCc2ccc(C(N)=O)cc2[N+](=O)[O-])c1. The number of nitrogens with zero attached hydrogens (tertiary/aromatic N) is 5. The number of carbonyl (C=O) groups is 1. The van der Waals surface area contributed by atoms with Crippen molar-refractivity contribution in [2.45, 2.75) is 17.8 Å². The molecule has 0 saturated carbocycles. The molecule has 1 heterocycles. The Morgan fingerprint density at radius 2 is 2.12 bits per heavy atom. The van der Waals surface area contributed by atoms with Gasteiger partial charge < -0.3 is 5.73 Å². The maximum absolute atomic E-state index is 11.3. The molecular weight excluding hydrogens is 356 g/mol. The molecule has 3 rings (SSSR count). The smallest absolute Gasteiger partial charge is 0.274 e. The van der Waals surface area contributed by atoms with E-state index in [4.69, 9.17) is 5.73 Å². The van der Waals surface area contributed by atoms with Crippen molar-refractivity contribution in [1.82, 2.24) is 20.2 Å². The lowest BCUT2D eigenvalue weighted by Gasteiger charge is -2.06. The molecule has 0 aliphatic rings. The van der Waals surface area contributed by atoms with Gasteiger partial charge in [-0.25, -0.2) is 0 Å². The highest BCUT2D eigenvalue weighted by molar-refractivity contribution is 7.98. The van der Waals surface area contributed by atoms with Gasteiger partial charge in [-0.15, -0.1) is 5.10 Å². The number of amides is 1. The molecule has 0 saturated heterocycles. The summed E-state index contributed by atoms with van der Waals surface area (Å²) in [4.78, 5) is 22.0. The number of hydrogen-bond acceptors (Lipinski definition) is 7. The molecule has 132 valence electrons. The zero-order valence-electron chi connectivity index (χ0n) is 13.7. The van der Waals surface area contributed by atoms with Gasteiger partial charge in [0.2, 0.25) is 11.1 Å². The van der Waals surface area contributed by atoms with Gasteiger partial charge in [0.25, 0.3) is 5.69 Å². The Bertz CT molecular complexity index is 988. The minimum atomic E-state index is -0.712. The van der Waals surface area contributed by atoms with Crippen molar-refractivity contribution in [2.75, 3.05) is 0 Å². The predicted octanol–water partition coefficient (Wildman–Crippen LogP) is 2.27. The Labute approximate surface area is 152 Å². The van der Waals surface area contributed by atoms with Crippen LogP contribution in [0.4, 0.5) is 5.69 Å². The van der Waals surface area contributed by atoms with E-state index in [-0.39, 0.29) is 17.0 Å². The number of nitro benzene ring substituents is 1. The Morgan fingerprint density at radius 3 is 2.81 bits per heavy atom. The van der Waals surface area contributed by atoms with Crippen LogP contribution in [-0.2, 0) is 5.75 Å². The van der Waals surface area contributed by atoms with Crippen LogP contribution in [-0.4, -0.2) is 31.0 Å². The first-order chi connectivity index (χ1) is 12.5. The molecule has 0 fully saturated rings. The van der Waals surface area contributed by atoms with Gasteiger partial charge in [-0.2, -0.15) is 4.68 Å². The summed E-state index contributed by atoms with van der Waals surface area (Å²) < 4.78 is 1.57. The summed E-state index contributed by atoms with van der Waals surface area (Å²) in [5.41, 5.74) is 7.42. The van der Waals surface area contributed by atoms with Gasteiger partial charge in [0.05, 0.1) is 10.6 Å². The van der Waals surface area contributed by atoms with Crippen LogP contribution in [0.5, 0.6) is 0 Å². The minimum Gasteiger partial charge on any atom is -0.366 e. The van der Waals surface area contributed by atoms with Gasteiger partial charge in [-0.05, 0) is 41.1 Å². The van der Waals surface area contributed by atoms with Gasteiger partial charge in [-0.1, -0.05) is 30.0 Å². The molecule has 9 nitrogen and oxygen atoms in total. The summed E-state index contributed by atoms with van der Waals surface area (Å²) in [6.45, 7) is 1.96. The number of benzene rings is 2. The van der Waals surface area contributed by atoms with E-state index in [1.165, 1.54) is 30.0 Å². The summed E-state index contributed by atoms with van der Waals surface area (Å²) in [6, 6.07) is 11.8. The third kappa shape index (κ3) is 3.70. The average Bonchev–Trinajstić information content (AvgIpc) is 3.08. The molecular formula is C16H14N6O3S. The van der Waals surface area contributed by atoms with Crippen molar-refractivity contribution in [3.05, 3.63) is 69.3 Å². The molecule has 0 aliphatic heterocycles. The van der Waals surface area contributed by atoms with Gasteiger partial charge in [0, 0.05) is 22.9 Å². The van der Waals surface area contributed by atoms with Gasteiger partial charge in [0.15, 0.2) is 0 Å². The Balaban J connectivity index is 1.86. The molecule has 1 aromatic heterocycles. The Morgan fingerprint density at radius 1 is 1.31 bits per heavy atom. The number of hydrogen-bond donors (Lipinski definition) is 1. The minimum absolute atomic E-state index is 0.0926. The molecule has 3 aromatic rings. The monoisotopic (exact) mass is 370 g/mol. The number of primary amides is 1. The number of aromatic nitrogens is 4. The van der Waals surface area contributed by atoms with Crippen molar-refractivity contribution >= 4 is 23.4 Å². The second kappa shape index (κ2) is 7.31. The maximum Gasteiger partial charge on any atom is 0.274 e. The van der Waals surface area contributed by atoms with Gasteiger partial charge >= 0.3 is 0 Å². The zero-order chi connectivity index (χ0) is 18.7. The topological polar surface area (TPSA) is 130 Å². The molecule has 2 N–H and O–H groups in total. The molecule has 26 heavy (non-hydrogen) atoms. The van der Waals surface area contributed by atoms with E-state index in [2.05, 4.69) is 15.5 Å². The first-order valence-corrected chi connectivity index (χ1v) is 8.49. The van der Waals surface area contributed by atoms with Crippen LogP contribution >= 0.6 is 11.8 Å². The molecule has 10 heteroatoms. The third-order valence-electron chi connectivity index (χ3n) is 3.61. The van der Waals surface area contributed by atoms with E-state index in [9.17, 15) is 14.9 Å². The first-order valence-electron chi connectivity index (χ1n) is 7.51. The molecule has 0 aliphatic carbocycles. The van der Waals surface area contributed by atoms with Crippen LogP contribution in [0.1, 0.15) is 21.5 Å². The number of aryl methyl sites for hydroxylation is 1. The van der Waals surface area contributed by atoms with Crippen LogP contribution in [0.25, 0.3) is 5.69 Å². The summed E-state index contributed by atoms with van der Waals surface area (Å²) in [5, 5.41) is 23.4. The quantitative estimate of drug-likeness (QED) is 0.400. The lowest BCUT2D eigenvalue weighted by atomic mass is 10.1. The largest absolute Gasteiger partial charge is 0.366 e. The molecule has 0 unspecified atom stereocenters. The normalized spacial score (nSPS) is 10.7. The van der Waals surface area contributed by atoms with Crippen LogP contribution < -0.4 is 5.73 Å². The van der Waals surface area contributed by atoms with E-state index in [0.717, 1.165) is 11.3 Å². The Hall–Kier alpha value is -3.27. The fourth-order valence-corrected chi connectivity index (χ4v) is 3.23. The predicted molar refractivity (Wildman–Crippen MR) is 95.1 cm³/mol. The van der Waals surface area contributed by atoms with E-state index < -0.39 is 10.8 Å². The molecule has 0 radical (unpaired) electrons. The first kappa shape index (κ1) is 17.5. The summed E-state index contributed by atoms with van der Waals surface area (Å²) >= 11 is 1.26. The number of carbonyl (C=O) groups excluding carboxylic acids is 1. The van der Waals surface area contributed by atoms with Crippen molar-refractivity contribution in [1.29, 1.82) is 0 Å². The van der Waals surface area contributed by atoms with Crippen molar-refractivity contribution in [3.8, 4) is 5.69 Å². The highest BCUT2D eigenvalue weighted by atomic mass is 32.2. The molecule has 1 amide bonds. The lowest BCUT2D eigenvalue weighted by Crippen LogP contribution is -2.11. The summed E-state index contributed by atoms with van der Waals surface area (Å²) in [6.07, 6.45) is 0. The van der Waals surface area contributed by atoms with E-state index in [1.54, 1.807) is 4.68 Å².